The summed E-state index contributed by atoms with van der Waals surface area (Å²) in [6.07, 6.45) is 7.62. The molecule has 1 fully saturated rings. The quantitative estimate of drug-likeness (QED) is 0.598. The molecule has 1 aliphatic heterocycles. The maximum atomic E-state index is 5.63. The second-order valence-electron chi connectivity index (χ2n) is 4.91. The third-order valence-corrected chi connectivity index (χ3v) is 3.36. The lowest BCUT2D eigenvalue weighted by Gasteiger charge is -2.16. The molecule has 0 aromatic carbocycles. The van der Waals surface area contributed by atoms with Crippen molar-refractivity contribution in [2.45, 2.75) is 64.5 Å². The standard InChI is InChI=1S/C14H29NO2/c1-3-7-13(4-2)15-9-6-10-16-12-14-8-5-11-17-14/h13-15H,3-12H2,1-2H3. The molecule has 1 N–H and O–H groups in total. The predicted molar refractivity (Wildman–Crippen MR) is 71.4 cm³/mol. The van der Waals surface area contributed by atoms with Crippen LogP contribution in [-0.2, 0) is 9.47 Å². The van der Waals surface area contributed by atoms with Crippen molar-refractivity contribution in [1.29, 1.82) is 0 Å². The van der Waals surface area contributed by atoms with Crippen molar-refractivity contribution >= 4 is 0 Å². The van der Waals surface area contributed by atoms with Crippen LogP contribution in [0.1, 0.15) is 52.4 Å². The van der Waals surface area contributed by atoms with E-state index < -0.39 is 0 Å². The number of hydrogen-bond acceptors (Lipinski definition) is 3. The lowest BCUT2D eigenvalue weighted by molar-refractivity contribution is 0.0165. The molecular formula is C14H29NO2. The lowest BCUT2D eigenvalue weighted by atomic mass is 10.1. The van der Waals surface area contributed by atoms with Gasteiger partial charge in [-0.05, 0) is 38.6 Å². The summed E-state index contributed by atoms with van der Waals surface area (Å²) in [5, 5.41) is 3.59. The van der Waals surface area contributed by atoms with E-state index >= 15 is 0 Å². The maximum Gasteiger partial charge on any atom is 0.0809 e. The normalized spacial score (nSPS) is 21.9. The van der Waals surface area contributed by atoms with Crippen molar-refractivity contribution in [3.63, 3.8) is 0 Å². The van der Waals surface area contributed by atoms with Gasteiger partial charge in [0.1, 0.15) is 0 Å². The molecule has 3 nitrogen and oxygen atoms in total. The van der Waals surface area contributed by atoms with Crippen molar-refractivity contribution in [1.82, 2.24) is 5.32 Å². The summed E-state index contributed by atoms with van der Waals surface area (Å²) in [4.78, 5) is 0. The van der Waals surface area contributed by atoms with E-state index in [4.69, 9.17) is 9.47 Å². The average Bonchev–Trinajstić information content (AvgIpc) is 2.85. The Bertz CT molecular complexity index is 170. The largest absolute Gasteiger partial charge is 0.379 e. The molecule has 3 heteroatoms. The molecule has 2 atom stereocenters. The van der Waals surface area contributed by atoms with E-state index in [1.807, 2.05) is 0 Å². The van der Waals surface area contributed by atoms with Crippen LogP contribution in [-0.4, -0.2) is 38.5 Å². The van der Waals surface area contributed by atoms with Crippen molar-refractivity contribution in [2.75, 3.05) is 26.4 Å². The van der Waals surface area contributed by atoms with Gasteiger partial charge in [0, 0.05) is 19.3 Å². The Labute approximate surface area is 106 Å². The molecule has 0 aliphatic carbocycles. The van der Waals surface area contributed by atoms with Crippen LogP contribution in [0, 0.1) is 0 Å². The molecule has 0 radical (unpaired) electrons. The minimum atomic E-state index is 0.367. The van der Waals surface area contributed by atoms with E-state index in [0.717, 1.165) is 32.8 Å². The molecule has 2 unspecified atom stereocenters. The molecule has 17 heavy (non-hydrogen) atoms. The molecule has 1 heterocycles. The van der Waals surface area contributed by atoms with Gasteiger partial charge in [-0.2, -0.15) is 0 Å². The predicted octanol–water partition coefficient (Wildman–Crippen LogP) is 2.74. The zero-order chi connectivity index (χ0) is 12.3. The molecule has 1 rings (SSSR count). The molecule has 1 saturated heterocycles. The van der Waals surface area contributed by atoms with Crippen LogP contribution >= 0.6 is 0 Å². The van der Waals surface area contributed by atoms with Gasteiger partial charge in [-0.1, -0.05) is 20.3 Å². The first-order valence-electron chi connectivity index (χ1n) is 7.29. The second-order valence-corrected chi connectivity index (χ2v) is 4.91. The Hall–Kier alpha value is -0.120. The highest BCUT2D eigenvalue weighted by atomic mass is 16.5. The van der Waals surface area contributed by atoms with Crippen LogP contribution < -0.4 is 5.32 Å². The summed E-state index contributed by atoms with van der Waals surface area (Å²) >= 11 is 0. The van der Waals surface area contributed by atoms with Gasteiger partial charge in [-0.3, -0.25) is 0 Å². The summed E-state index contributed by atoms with van der Waals surface area (Å²) in [5.74, 6) is 0. The topological polar surface area (TPSA) is 30.5 Å². The van der Waals surface area contributed by atoms with Gasteiger partial charge in [0.05, 0.1) is 12.7 Å². The smallest absolute Gasteiger partial charge is 0.0809 e. The average molecular weight is 243 g/mol. The van der Waals surface area contributed by atoms with Gasteiger partial charge in [0.25, 0.3) is 0 Å². The highest BCUT2D eigenvalue weighted by Crippen LogP contribution is 2.11. The zero-order valence-electron chi connectivity index (χ0n) is 11.5. The van der Waals surface area contributed by atoms with Crippen LogP contribution in [0.3, 0.4) is 0 Å². The van der Waals surface area contributed by atoms with E-state index in [1.165, 1.54) is 32.1 Å². The fourth-order valence-corrected chi connectivity index (χ4v) is 2.27. The van der Waals surface area contributed by atoms with Crippen LogP contribution in [0.25, 0.3) is 0 Å². The molecule has 0 spiro atoms. The van der Waals surface area contributed by atoms with Crippen molar-refractivity contribution < 1.29 is 9.47 Å². The first-order chi connectivity index (χ1) is 8.36. The van der Waals surface area contributed by atoms with E-state index in [0.29, 0.717) is 12.1 Å². The molecule has 0 aromatic heterocycles. The molecule has 0 amide bonds. The Balaban J connectivity index is 1.86. The van der Waals surface area contributed by atoms with E-state index in [1.54, 1.807) is 0 Å². The van der Waals surface area contributed by atoms with Gasteiger partial charge in [0.2, 0.25) is 0 Å². The minimum Gasteiger partial charge on any atom is -0.379 e. The Morgan fingerprint density at radius 1 is 1.41 bits per heavy atom. The summed E-state index contributed by atoms with van der Waals surface area (Å²) in [6.45, 7) is 8.13. The molecule has 0 bridgehead atoms. The summed E-state index contributed by atoms with van der Waals surface area (Å²) in [5.41, 5.74) is 0. The van der Waals surface area contributed by atoms with Gasteiger partial charge >= 0.3 is 0 Å². The summed E-state index contributed by atoms with van der Waals surface area (Å²) in [7, 11) is 0. The lowest BCUT2D eigenvalue weighted by Crippen LogP contribution is -2.29. The second kappa shape index (κ2) is 9.86. The third-order valence-electron chi connectivity index (χ3n) is 3.36. The summed E-state index contributed by atoms with van der Waals surface area (Å²) < 4.78 is 11.1. The van der Waals surface area contributed by atoms with Gasteiger partial charge in [-0.25, -0.2) is 0 Å². The summed E-state index contributed by atoms with van der Waals surface area (Å²) in [6, 6.07) is 0.693. The minimum absolute atomic E-state index is 0.367. The van der Waals surface area contributed by atoms with Crippen molar-refractivity contribution in [3.05, 3.63) is 0 Å². The number of rotatable bonds is 10. The van der Waals surface area contributed by atoms with Crippen LogP contribution in [0.2, 0.25) is 0 Å². The van der Waals surface area contributed by atoms with Crippen LogP contribution in [0.15, 0.2) is 0 Å². The Morgan fingerprint density at radius 2 is 2.29 bits per heavy atom. The zero-order valence-corrected chi connectivity index (χ0v) is 11.5. The number of hydrogen-bond donors (Lipinski definition) is 1. The molecule has 1 aliphatic rings. The number of ether oxygens (including phenoxy) is 2. The van der Waals surface area contributed by atoms with Gasteiger partial charge in [0.15, 0.2) is 0 Å². The highest BCUT2D eigenvalue weighted by molar-refractivity contribution is 4.65. The fourth-order valence-electron chi connectivity index (χ4n) is 2.27. The first-order valence-corrected chi connectivity index (χ1v) is 7.29. The van der Waals surface area contributed by atoms with E-state index in [-0.39, 0.29) is 0 Å². The van der Waals surface area contributed by atoms with E-state index in [2.05, 4.69) is 19.2 Å². The fraction of sp³-hybridized carbons (Fsp3) is 1.00. The SMILES string of the molecule is CCCC(CC)NCCCOCC1CCCO1. The van der Waals surface area contributed by atoms with Gasteiger partial charge < -0.3 is 14.8 Å². The third kappa shape index (κ3) is 7.02. The monoisotopic (exact) mass is 243 g/mol. The molecule has 0 aromatic rings. The molecular weight excluding hydrogens is 214 g/mol. The van der Waals surface area contributed by atoms with Gasteiger partial charge in [-0.15, -0.1) is 0 Å². The molecule has 0 saturated carbocycles. The van der Waals surface area contributed by atoms with Crippen LogP contribution in [0.5, 0.6) is 0 Å². The maximum absolute atomic E-state index is 5.63. The Kier molecular flexibility index (Phi) is 8.67. The highest BCUT2D eigenvalue weighted by Gasteiger charge is 2.14. The Morgan fingerprint density at radius 3 is 2.94 bits per heavy atom. The molecule has 102 valence electrons. The van der Waals surface area contributed by atoms with Crippen LogP contribution in [0.4, 0.5) is 0 Å². The van der Waals surface area contributed by atoms with Crippen molar-refractivity contribution in [2.24, 2.45) is 0 Å². The first kappa shape index (κ1) is 14.9. The van der Waals surface area contributed by atoms with E-state index in [9.17, 15) is 0 Å². The number of nitrogens with one attached hydrogen (secondary N) is 1. The van der Waals surface area contributed by atoms with Crippen molar-refractivity contribution in [3.8, 4) is 0 Å².